The SMILES string of the molecule is CC(CO)NC(=O)CCOc1ccccc1. The standard InChI is InChI=1S/C12H17NO3/c1-10(9-14)13-12(15)7-8-16-11-5-3-2-4-6-11/h2-6,10,14H,7-9H2,1H3,(H,13,15). The molecule has 1 amide bonds. The Bertz CT molecular complexity index is 313. The summed E-state index contributed by atoms with van der Waals surface area (Å²) in [5, 5.41) is 11.4. The number of nitrogens with one attached hydrogen (secondary N) is 1. The van der Waals surface area contributed by atoms with Gasteiger partial charge in [0, 0.05) is 6.04 Å². The van der Waals surface area contributed by atoms with E-state index in [4.69, 9.17) is 9.84 Å². The summed E-state index contributed by atoms with van der Waals surface area (Å²) in [4.78, 5) is 11.3. The molecule has 1 aromatic carbocycles. The van der Waals surface area contributed by atoms with Crippen LogP contribution < -0.4 is 10.1 Å². The number of hydrogen-bond donors (Lipinski definition) is 2. The number of carbonyl (C=O) groups is 1. The molecule has 1 aromatic rings. The van der Waals surface area contributed by atoms with Crippen molar-refractivity contribution < 1.29 is 14.6 Å². The number of rotatable bonds is 6. The molecule has 16 heavy (non-hydrogen) atoms. The van der Waals surface area contributed by atoms with Gasteiger partial charge in [0.05, 0.1) is 19.6 Å². The van der Waals surface area contributed by atoms with Gasteiger partial charge in [-0.05, 0) is 19.1 Å². The maximum Gasteiger partial charge on any atom is 0.223 e. The lowest BCUT2D eigenvalue weighted by atomic mass is 10.3. The molecular weight excluding hydrogens is 206 g/mol. The van der Waals surface area contributed by atoms with Crippen molar-refractivity contribution in [2.75, 3.05) is 13.2 Å². The van der Waals surface area contributed by atoms with Gasteiger partial charge in [0.2, 0.25) is 5.91 Å². The van der Waals surface area contributed by atoms with Gasteiger partial charge < -0.3 is 15.2 Å². The molecule has 2 N–H and O–H groups in total. The Morgan fingerprint density at radius 3 is 2.75 bits per heavy atom. The molecule has 0 fully saturated rings. The van der Waals surface area contributed by atoms with Crippen molar-refractivity contribution in [1.29, 1.82) is 0 Å². The lowest BCUT2D eigenvalue weighted by Gasteiger charge is -2.11. The lowest BCUT2D eigenvalue weighted by Crippen LogP contribution is -2.35. The van der Waals surface area contributed by atoms with Crippen LogP contribution in [0.3, 0.4) is 0 Å². The summed E-state index contributed by atoms with van der Waals surface area (Å²) in [6.07, 6.45) is 0.291. The second-order valence-electron chi connectivity index (χ2n) is 3.56. The first-order valence-corrected chi connectivity index (χ1v) is 5.30. The molecule has 0 aromatic heterocycles. The minimum absolute atomic E-state index is 0.0503. The van der Waals surface area contributed by atoms with E-state index < -0.39 is 0 Å². The molecule has 4 nitrogen and oxygen atoms in total. The quantitative estimate of drug-likeness (QED) is 0.755. The van der Waals surface area contributed by atoms with Gasteiger partial charge in [-0.3, -0.25) is 4.79 Å². The molecule has 1 atom stereocenters. The highest BCUT2D eigenvalue weighted by Crippen LogP contribution is 2.08. The van der Waals surface area contributed by atoms with Crippen LogP contribution in [0.5, 0.6) is 5.75 Å². The van der Waals surface area contributed by atoms with Gasteiger partial charge in [0.25, 0.3) is 0 Å². The molecule has 0 saturated heterocycles. The summed E-state index contributed by atoms with van der Waals surface area (Å²) < 4.78 is 5.37. The van der Waals surface area contributed by atoms with Crippen LogP contribution in [0.15, 0.2) is 30.3 Å². The molecule has 0 aliphatic rings. The number of hydrogen-bond acceptors (Lipinski definition) is 3. The average molecular weight is 223 g/mol. The van der Waals surface area contributed by atoms with Crippen molar-refractivity contribution in [2.45, 2.75) is 19.4 Å². The third kappa shape index (κ3) is 4.79. The molecular formula is C12H17NO3. The molecule has 0 aliphatic heterocycles. The van der Waals surface area contributed by atoms with E-state index in [0.29, 0.717) is 13.0 Å². The molecule has 0 spiro atoms. The number of ether oxygens (including phenoxy) is 1. The first kappa shape index (κ1) is 12.5. The van der Waals surface area contributed by atoms with Crippen LogP contribution >= 0.6 is 0 Å². The number of carbonyl (C=O) groups excluding carboxylic acids is 1. The minimum Gasteiger partial charge on any atom is -0.493 e. The monoisotopic (exact) mass is 223 g/mol. The van der Waals surface area contributed by atoms with E-state index in [-0.39, 0.29) is 18.6 Å². The zero-order valence-electron chi connectivity index (χ0n) is 9.35. The Labute approximate surface area is 95.2 Å². The molecule has 0 bridgehead atoms. The summed E-state index contributed by atoms with van der Waals surface area (Å²) in [5.74, 6) is 0.642. The van der Waals surface area contributed by atoms with Gasteiger partial charge in [-0.25, -0.2) is 0 Å². The maximum atomic E-state index is 11.3. The predicted molar refractivity (Wildman–Crippen MR) is 61.2 cm³/mol. The van der Waals surface area contributed by atoms with Crippen molar-refractivity contribution in [1.82, 2.24) is 5.32 Å². The number of amides is 1. The highest BCUT2D eigenvalue weighted by atomic mass is 16.5. The zero-order chi connectivity index (χ0) is 11.8. The van der Waals surface area contributed by atoms with Gasteiger partial charge >= 0.3 is 0 Å². The summed E-state index contributed by atoms with van der Waals surface area (Å²) in [7, 11) is 0. The van der Waals surface area contributed by atoms with Crippen molar-refractivity contribution in [3.8, 4) is 5.75 Å². The molecule has 0 heterocycles. The van der Waals surface area contributed by atoms with Gasteiger partial charge in [0.1, 0.15) is 5.75 Å². The Hall–Kier alpha value is -1.55. The Morgan fingerprint density at radius 1 is 1.44 bits per heavy atom. The van der Waals surface area contributed by atoms with E-state index in [0.717, 1.165) is 5.75 Å². The third-order valence-electron chi connectivity index (χ3n) is 2.02. The van der Waals surface area contributed by atoms with Gasteiger partial charge in [-0.15, -0.1) is 0 Å². The Morgan fingerprint density at radius 2 is 2.12 bits per heavy atom. The second kappa shape index (κ2) is 6.85. The van der Waals surface area contributed by atoms with E-state index in [1.54, 1.807) is 6.92 Å². The summed E-state index contributed by atoms with van der Waals surface area (Å²) in [6.45, 7) is 2.04. The molecule has 0 aliphatic carbocycles. The van der Waals surface area contributed by atoms with Crippen molar-refractivity contribution >= 4 is 5.91 Å². The van der Waals surface area contributed by atoms with Crippen LogP contribution in [0.1, 0.15) is 13.3 Å². The minimum atomic E-state index is -0.204. The largest absolute Gasteiger partial charge is 0.493 e. The number of aliphatic hydroxyl groups excluding tert-OH is 1. The van der Waals surface area contributed by atoms with Gasteiger partial charge in [-0.2, -0.15) is 0 Å². The van der Waals surface area contributed by atoms with E-state index in [1.807, 2.05) is 30.3 Å². The fraction of sp³-hybridized carbons (Fsp3) is 0.417. The number of benzene rings is 1. The van der Waals surface area contributed by atoms with Crippen LogP contribution in [0, 0.1) is 0 Å². The average Bonchev–Trinajstić information content (AvgIpc) is 2.30. The molecule has 4 heteroatoms. The van der Waals surface area contributed by atoms with Crippen molar-refractivity contribution in [3.05, 3.63) is 30.3 Å². The van der Waals surface area contributed by atoms with Crippen LogP contribution in [-0.4, -0.2) is 30.3 Å². The van der Waals surface area contributed by atoms with Crippen molar-refractivity contribution in [2.24, 2.45) is 0 Å². The third-order valence-corrected chi connectivity index (χ3v) is 2.02. The van der Waals surface area contributed by atoms with E-state index in [2.05, 4.69) is 5.32 Å². The topological polar surface area (TPSA) is 58.6 Å². The zero-order valence-corrected chi connectivity index (χ0v) is 9.35. The summed E-state index contributed by atoms with van der Waals surface area (Å²) in [5.41, 5.74) is 0. The van der Waals surface area contributed by atoms with Gasteiger partial charge in [0.15, 0.2) is 0 Å². The van der Waals surface area contributed by atoms with E-state index in [9.17, 15) is 4.79 Å². The molecule has 1 unspecified atom stereocenters. The van der Waals surface area contributed by atoms with Crippen LogP contribution in [0.25, 0.3) is 0 Å². The molecule has 0 radical (unpaired) electrons. The van der Waals surface area contributed by atoms with Gasteiger partial charge in [-0.1, -0.05) is 18.2 Å². The summed E-state index contributed by atoms with van der Waals surface area (Å²) in [6, 6.07) is 9.14. The van der Waals surface area contributed by atoms with Crippen molar-refractivity contribution in [3.63, 3.8) is 0 Å². The Kier molecular flexibility index (Phi) is 5.36. The molecule has 1 rings (SSSR count). The highest BCUT2D eigenvalue weighted by Gasteiger charge is 2.05. The first-order chi connectivity index (χ1) is 7.72. The fourth-order valence-electron chi connectivity index (χ4n) is 1.17. The van der Waals surface area contributed by atoms with E-state index in [1.165, 1.54) is 0 Å². The second-order valence-corrected chi connectivity index (χ2v) is 3.56. The molecule has 88 valence electrons. The van der Waals surface area contributed by atoms with Crippen LogP contribution in [-0.2, 0) is 4.79 Å². The van der Waals surface area contributed by atoms with E-state index >= 15 is 0 Å². The Balaban J connectivity index is 2.18. The fourth-order valence-corrected chi connectivity index (χ4v) is 1.17. The number of para-hydroxylation sites is 1. The lowest BCUT2D eigenvalue weighted by molar-refractivity contribution is -0.122. The normalized spacial score (nSPS) is 11.9. The predicted octanol–water partition coefficient (Wildman–Crippen LogP) is 0.953. The smallest absolute Gasteiger partial charge is 0.223 e. The molecule has 0 saturated carbocycles. The van der Waals surface area contributed by atoms with Crippen LogP contribution in [0.4, 0.5) is 0 Å². The maximum absolute atomic E-state index is 11.3. The first-order valence-electron chi connectivity index (χ1n) is 5.30. The number of aliphatic hydroxyl groups is 1. The van der Waals surface area contributed by atoms with Crippen LogP contribution in [0.2, 0.25) is 0 Å². The highest BCUT2D eigenvalue weighted by molar-refractivity contribution is 5.76. The summed E-state index contributed by atoms with van der Waals surface area (Å²) >= 11 is 0.